The normalized spacial score (nSPS) is 10.6. The van der Waals surface area contributed by atoms with Crippen molar-refractivity contribution in [3.05, 3.63) is 40.1 Å². The van der Waals surface area contributed by atoms with E-state index in [-0.39, 0.29) is 0 Å². The van der Waals surface area contributed by atoms with Gasteiger partial charge >= 0.3 is 0 Å². The first-order valence-corrected chi connectivity index (χ1v) is 7.49. The fourth-order valence-electron chi connectivity index (χ4n) is 1.98. The lowest BCUT2D eigenvalue weighted by Gasteiger charge is -2.09. The van der Waals surface area contributed by atoms with E-state index in [9.17, 15) is 0 Å². The Bertz CT molecular complexity index is 564. The van der Waals surface area contributed by atoms with E-state index in [4.69, 9.17) is 9.47 Å². The number of halogens is 1. The highest BCUT2D eigenvalue weighted by molar-refractivity contribution is 9.10. The van der Waals surface area contributed by atoms with Crippen LogP contribution in [-0.4, -0.2) is 16.9 Å². The fourth-order valence-corrected chi connectivity index (χ4v) is 2.66. The molecule has 0 fully saturated rings. The van der Waals surface area contributed by atoms with Crippen molar-refractivity contribution >= 4 is 15.9 Å². The van der Waals surface area contributed by atoms with Crippen molar-refractivity contribution in [3.8, 4) is 11.5 Å². The van der Waals surface area contributed by atoms with Crippen molar-refractivity contribution < 1.29 is 9.47 Å². The van der Waals surface area contributed by atoms with E-state index in [0.29, 0.717) is 6.61 Å². The van der Waals surface area contributed by atoms with Crippen LogP contribution in [0.2, 0.25) is 0 Å². The summed E-state index contributed by atoms with van der Waals surface area (Å²) < 4.78 is 14.0. The van der Waals surface area contributed by atoms with Crippen LogP contribution in [0.3, 0.4) is 0 Å². The van der Waals surface area contributed by atoms with Crippen molar-refractivity contribution in [2.75, 3.05) is 7.11 Å². The van der Waals surface area contributed by atoms with Gasteiger partial charge in [0, 0.05) is 6.54 Å². The molecule has 0 aliphatic heterocycles. The average molecular weight is 339 g/mol. The van der Waals surface area contributed by atoms with Gasteiger partial charge in [0.05, 0.1) is 23.0 Å². The van der Waals surface area contributed by atoms with Crippen LogP contribution < -0.4 is 9.47 Å². The van der Waals surface area contributed by atoms with E-state index in [1.54, 1.807) is 7.11 Å². The number of aryl methyl sites for hydroxylation is 2. The molecule has 0 unspecified atom stereocenters. The molecule has 1 heterocycles. The zero-order valence-corrected chi connectivity index (χ0v) is 13.6. The van der Waals surface area contributed by atoms with Gasteiger partial charge in [0.2, 0.25) is 0 Å². The molecule has 0 saturated carbocycles. The molecular weight excluding hydrogens is 320 g/mol. The lowest BCUT2D eigenvalue weighted by molar-refractivity contribution is 0.291. The maximum absolute atomic E-state index is 5.83. The Hall–Kier alpha value is -1.49. The number of nitrogens with zero attached hydrogens (tertiary/aromatic N) is 2. The van der Waals surface area contributed by atoms with Crippen molar-refractivity contribution in [3.63, 3.8) is 0 Å². The minimum atomic E-state index is 0.494. The van der Waals surface area contributed by atoms with Gasteiger partial charge in [-0.25, -0.2) is 0 Å². The largest absolute Gasteiger partial charge is 0.497 e. The first kappa shape index (κ1) is 14.9. The van der Waals surface area contributed by atoms with Crippen LogP contribution in [0.5, 0.6) is 11.5 Å². The monoisotopic (exact) mass is 338 g/mol. The second-order valence-corrected chi connectivity index (χ2v) is 5.13. The highest BCUT2D eigenvalue weighted by Gasteiger charge is 2.14. The summed E-state index contributed by atoms with van der Waals surface area (Å²) in [6.45, 7) is 5.50. The first-order chi connectivity index (χ1) is 9.69. The van der Waals surface area contributed by atoms with Gasteiger partial charge in [-0.3, -0.25) is 4.68 Å². The van der Waals surface area contributed by atoms with Gasteiger partial charge in [-0.05, 0) is 53.5 Å². The third-order valence-electron chi connectivity index (χ3n) is 3.13. The second kappa shape index (κ2) is 6.79. The third kappa shape index (κ3) is 3.15. The molecule has 0 amide bonds. The molecule has 0 aliphatic carbocycles. The third-order valence-corrected chi connectivity index (χ3v) is 4.04. The summed E-state index contributed by atoms with van der Waals surface area (Å²) in [5, 5.41) is 4.56. The number of benzene rings is 1. The predicted molar refractivity (Wildman–Crippen MR) is 82.3 cm³/mol. The summed E-state index contributed by atoms with van der Waals surface area (Å²) in [7, 11) is 1.65. The number of hydrogen-bond donors (Lipinski definition) is 0. The van der Waals surface area contributed by atoms with E-state index >= 15 is 0 Å². The minimum Gasteiger partial charge on any atom is -0.497 e. The van der Waals surface area contributed by atoms with E-state index < -0.39 is 0 Å². The first-order valence-electron chi connectivity index (χ1n) is 6.70. The standard InChI is InChI=1S/C15H19BrN2O2/c1-4-13-15(16)14(18(5-2)17-13)10-20-12-8-6-11(19-3)7-9-12/h6-9H,4-5,10H2,1-3H3. The Balaban J connectivity index is 2.11. The van der Waals surface area contributed by atoms with Crippen LogP contribution in [0.1, 0.15) is 25.2 Å². The Labute approximate surface area is 127 Å². The molecule has 0 aliphatic rings. The molecule has 0 radical (unpaired) electrons. The summed E-state index contributed by atoms with van der Waals surface area (Å²) in [4.78, 5) is 0. The molecule has 0 N–H and O–H groups in total. The minimum absolute atomic E-state index is 0.494. The van der Waals surface area contributed by atoms with Crippen LogP contribution in [-0.2, 0) is 19.6 Å². The van der Waals surface area contributed by atoms with Crippen molar-refractivity contribution in [1.82, 2.24) is 9.78 Å². The van der Waals surface area contributed by atoms with Gasteiger partial charge in [0.15, 0.2) is 0 Å². The number of aromatic nitrogens is 2. The fraction of sp³-hybridized carbons (Fsp3) is 0.400. The van der Waals surface area contributed by atoms with E-state index in [0.717, 1.165) is 40.3 Å². The number of rotatable bonds is 6. The molecule has 2 aromatic rings. The molecule has 1 aromatic heterocycles. The van der Waals surface area contributed by atoms with Crippen LogP contribution in [0.25, 0.3) is 0 Å². The van der Waals surface area contributed by atoms with Crippen LogP contribution in [0, 0.1) is 0 Å². The van der Waals surface area contributed by atoms with E-state index in [2.05, 4.69) is 34.9 Å². The van der Waals surface area contributed by atoms with E-state index in [1.807, 2.05) is 28.9 Å². The molecule has 4 nitrogen and oxygen atoms in total. The van der Waals surface area contributed by atoms with Crippen LogP contribution in [0.4, 0.5) is 0 Å². The van der Waals surface area contributed by atoms with Gasteiger partial charge < -0.3 is 9.47 Å². The molecule has 0 bridgehead atoms. The van der Waals surface area contributed by atoms with Crippen LogP contribution >= 0.6 is 15.9 Å². The summed E-state index contributed by atoms with van der Waals surface area (Å²) in [5.74, 6) is 1.64. The van der Waals surface area contributed by atoms with Gasteiger partial charge in [-0.1, -0.05) is 6.92 Å². The zero-order valence-electron chi connectivity index (χ0n) is 12.0. The van der Waals surface area contributed by atoms with Crippen molar-refractivity contribution in [2.45, 2.75) is 33.4 Å². The Morgan fingerprint density at radius 1 is 1.15 bits per heavy atom. The van der Waals surface area contributed by atoms with Crippen molar-refractivity contribution in [1.29, 1.82) is 0 Å². The number of ether oxygens (including phenoxy) is 2. The molecule has 0 spiro atoms. The van der Waals surface area contributed by atoms with Gasteiger partial charge in [0.1, 0.15) is 18.1 Å². The zero-order chi connectivity index (χ0) is 14.5. The molecule has 1 aromatic carbocycles. The lowest BCUT2D eigenvalue weighted by Crippen LogP contribution is -2.06. The molecule has 20 heavy (non-hydrogen) atoms. The summed E-state index contributed by atoms with van der Waals surface area (Å²) in [6.07, 6.45) is 0.906. The molecule has 0 saturated heterocycles. The number of methoxy groups -OCH3 is 1. The van der Waals surface area contributed by atoms with E-state index in [1.165, 1.54) is 0 Å². The van der Waals surface area contributed by atoms with Crippen LogP contribution in [0.15, 0.2) is 28.7 Å². The maximum atomic E-state index is 5.83. The Morgan fingerprint density at radius 3 is 2.35 bits per heavy atom. The smallest absolute Gasteiger partial charge is 0.131 e. The van der Waals surface area contributed by atoms with Gasteiger partial charge in [0.25, 0.3) is 0 Å². The topological polar surface area (TPSA) is 36.3 Å². The summed E-state index contributed by atoms with van der Waals surface area (Å²) in [6, 6.07) is 7.58. The predicted octanol–water partition coefficient (Wildman–Crippen LogP) is 3.82. The Kier molecular flexibility index (Phi) is 5.06. The van der Waals surface area contributed by atoms with Crippen molar-refractivity contribution in [2.24, 2.45) is 0 Å². The molecule has 108 valence electrons. The molecular formula is C15H19BrN2O2. The second-order valence-electron chi connectivity index (χ2n) is 4.34. The quantitative estimate of drug-likeness (QED) is 0.803. The summed E-state index contributed by atoms with van der Waals surface area (Å²) in [5.41, 5.74) is 2.14. The summed E-state index contributed by atoms with van der Waals surface area (Å²) >= 11 is 3.62. The molecule has 2 rings (SSSR count). The van der Waals surface area contributed by atoms with Gasteiger partial charge in [-0.15, -0.1) is 0 Å². The molecule has 5 heteroatoms. The lowest BCUT2D eigenvalue weighted by atomic mass is 10.3. The Morgan fingerprint density at radius 2 is 1.80 bits per heavy atom. The van der Waals surface area contributed by atoms with Gasteiger partial charge in [-0.2, -0.15) is 5.10 Å². The highest BCUT2D eigenvalue weighted by atomic mass is 79.9. The average Bonchev–Trinajstić information content (AvgIpc) is 2.81. The SMILES string of the molecule is CCc1nn(CC)c(COc2ccc(OC)cc2)c1Br. The molecule has 0 atom stereocenters. The number of hydrogen-bond acceptors (Lipinski definition) is 3. The maximum Gasteiger partial charge on any atom is 0.131 e. The highest BCUT2D eigenvalue weighted by Crippen LogP contribution is 2.24.